The fraction of sp³-hybridized carbons (Fsp3) is 0.231. The third kappa shape index (κ3) is 3.76. The van der Waals surface area contributed by atoms with Crippen LogP contribution < -0.4 is 10.6 Å². The Kier molecular flexibility index (Phi) is 4.83. The summed E-state index contributed by atoms with van der Waals surface area (Å²) in [4.78, 5) is 26.6. The van der Waals surface area contributed by atoms with Crippen LogP contribution >= 0.6 is 11.3 Å². The molecule has 2 N–H and O–H groups in total. The van der Waals surface area contributed by atoms with Crippen LogP contribution in [0.3, 0.4) is 0 Å². The molecule has 0 saturated heterocycles. The molecule has 0 aliphatic rings. The van der Waals surface area contributed by atoms with Gasteiger partial charge in [0.05, 0.1) is 10.6 Å². The summed E-state index contributed by atoms with van der Waals surface area (Å²) in [5.74, 6) is -0.0834. The number of anilines is 2. The van der Waals surface area contributed by atoms with Gasteiger partial charge in [-0.05, 0) is 17.9 Å². The number of carbonyl (C=O) groups excluding carboxylic acids is 1. The van der Waals surface area contributed by atoms with Crippen molar-refractivity contribution in [2.24, 2.45) is 0 Å². The second-order valence-electron chi connectivity index (χ2n) is 4.24. The van der Waals surface area contributed by atoms with Crippen LogP contribution in [0.2, 0.25) is 0 Å². The topological polar surface area (TPSA) is 97.2 Å². The van der Waals surface area contributed by atoms with Crippen molar-refractivity contribution < 1.29 is 9.72 Å². The Hall–Kier alpha value is -2.48. The summed E-state index contributed by atoms with van der Waals surface area (Å²) in [6.45, 7) is 2.67. The van der Waals surface area contributed by atoms with E-state index in [9.17, 15) is 14.9 Å². The molecule has 2 aromatic rings. The largest absolute Gasteiger partial charge is 0.370 e. The lowest BCUT2D eigenvalue weighted by Gasteiger charge is -2.07. The van der Waals surface area contributed by atoms with E-state index >= 15 is 0 Å². The summed E-state index contributed by atoms with van der Waals surface area (Å²) >= 11 is 1.43. The fourth-order valence-electron chi connectivity index (χ4n) is 1.66. The molecule has 8 heteroatoms. The molecule has 0 fully saturated rings. The van der Waals surface area contributed by atoms with Gasteiger partial charge in [0.15, 0.2) is 0 Å². The van der Waals surface area contributed by atoms with Crippen molar-refractivity contribution in [2.45, 2.75) is 13.3 Å². The van der Waals surface area contributed by atoms with E-state index in [0.29, 0.717) is 18.1 Å². The maximum atomic E-state index is 12.2. The van der Waals surface area contributed by atoms with Crippen molar-refractivity contribution in [1.29, 1.82) is 0 Å². The standard InChI is InChI=1S/C13H14N4O3S/c1-2-4-14-12-6-10(11(7-15-12)17(19)20)13(18)16-9-3-5-21-8-9/h3,5-8H,2,4H2,1H3,(H,14,15)(H,16,18). The minimum atomic E-state index is -0.612. The minimum absolute atomic E-state index is 0.0141. The van der Waals surface area contributed by atoms with Gasteiger partial charge < -0.3 is 10.6 Å². The second-order valence-corrected chi connectivity index (χ2v) is 5.02. The highest BCUT2D eigenvalue weighted by Gasteiger charge is 2.21. The van der Waals surface area contributed by atoms with Gasteiger partial charge in [-0.15, -0.1) is 0 Å². The first-order chi connectivity index (χ1) is 10.1. The first-order valence-electron chi connectivity index (χ1n) is 6.33. The number of aromatic nitrogens is 1. The number of thiophene rings is 1. The molecule has 7 nitrogen and oxygen atoms in total. The molecule has 0 aromatic carbocycles. The Morgan fingerprint density at radius 1 is 1.52 bits per heavy atom. The van der Waals surface area contributed by atoms with E-state index < -0.39 is 10.8 Å². The molecule has 2 rings (SSSR count). The third-order valence-corrected chi connectivity index (χ3v) is 3.34. The van der Waals surface area contributed by atoms with Gasteiger partial charge in [0.1, 0.15) is 17.6 Å². The molecular formula is C13H14N4O3S. The fourth-order valence-corrected chi connectivity index (χ4v) is 2.25. The Bertz CT molecular complexity index is 643. The highest BCUT2D eigenvalue weighted by atomic mass is 32.1. The number of hydrogen-bond donors (Lipinski definition) is 2. The summed E-state index contributed by atoms with van der Waals surface area (Å²) < 4.78 is 0. The molecule has 1 amide bonds. The molecule has 110 valence electrons. The summed E-state index contributed by atoms with van der Waals surface area (Å²) in [6, 6.07) is 3.13. The van der Waals surface area contributed by atoms with E-state index in [1.165, 1.54) is 17.4 Å². The number of rotatable bonds is 6. The molecule has 0 unspecified atom stereocenters. The van der Waals surface area contributed by atoms with Crippen molar-refractivity contribution in [3.63, 3.8) is 0 Å². The Morgan fingerprint density at radius 3 is 2.95 bits per heavy atom. The number of nitro groups is 1. The molecule has 0 aliphatic heterocycles. The lowest BCUT2D eigenvalue weighted by molar-refractivity contribution is -0.385. The van der Waals surface area contributed by atoms with Gasteiger partial charge >= 0.3 is 0 Å². The third-order valence-electron chi connectivity index (χ3n) is 2.66. The van der Waals surface area contributed by atoms with Crippen LogP contribution in [0, 0.1) is 10.1 Å². The zero-order chi connectivity index (χ0) is 15.2. The van der Waals surface area contributed by atoms with Crippen molar-refractivity contribution in [2.75, 3.05) is 17.2 Å². The van der Waals surface area contributed by atoms with Crippen molar-refractivity contribution >= 4 is 34.4 Å². The molecule has 2 heterocycles. The molecule has 0 atom stereocenters. The van der Waals surface area contributed by atoms with Gasteiger partial charge in [-0.1, -0.05) is 6.92 Å². The van der Waals surface area contributed by atoms with E-state index in [1.54, 1.807) is 11.4 Å². The summed E-state index contributed by atoms with van der Waals surface area (Å²) in [7, 11) is 0. The SMILES string of the molecule is CCCNc1cc(C(=O)Nc2ccsc2)c([N+](=O)[O-])cn1. The van der Waals surface area contributed by atoms with E-state index in [-0.39, 0.29) is 11.3 Å². The first kappa shape index (κ1) is 14.9. The summed E-state index contributed by atoms with van der Waals surface area (Å²) in [5, 5.41) is 20.2. The van der Waals surface area contributed by atoms with E-state index in [4.69, 9.17) is 0 Å². The van der Waals surface area contributed by atoms with E-state index in [0.717, 1.165) is 12.6 Å². The molecule has 21 heavy (non-hydrogen) atoms. The summed E-state index contributed by atoms with van der Waals surface area (Å²) in [5.41, 5.74) is 0.281. The number of carbonyl (C=O) groups is 1. The average molecular weight is 306 g/mol. The molecule has 2 aromatic heterocycles. The van der Waals surface area contributed by atoms with Crippen LogP contribution in [0.5, 0.6) is 0 Å². The molecule has 0 radical (unpaired) electrons. The number of pyridine rings is 1. The lowest BCUT2D eigenvalue weighted by atomic mass is 10.2. The zero-order valence-corrected chi connectivity index (χ0v) is 12.1. The number of nitrogens with zero attached hydrogens (tertiary/aromatic N) is 2. The lowest BCUT2D eigenvalue weighted by Crippen LogP contribution is -2.15. The average Bonchev–Trinajstić information content (AvgIpc) is 2.97. The van der Waals surface area contributed by atoms with Crippen LogP contribution in [0.25, 0.3) is 0 Å². The van der Waals surface area contributed by atoms with Crippen molar-refractivity contribution in [3.8, 4) is 0 Å². The predicted molar refractivity (Wildman–Crippen MR) is 81.9 cm³/mol. The molecular weight excluding hydrogens is 292 g/mol. The first-order valence-corrected chi connectivity index (χ1v) is 7.28. The molecule has 0 aliphatic carbocycles. The van der Waals surface area contributed by atoms with E-state index in [2.05, 4.69) is 15.6 Å². The van der Waals surface area contributed by atoms with Gasteiger partial charge in [0.25, 0.3) is 11.6 Å². The second kappa shape index (κ2) is 6.80. The maximum absolute atomic E-state index is 12.2. The van der Waals surface area contributed by atoms with Gasteiger partial charge in [-0.3, -0.25) is 14.9 Å². The molecule has 0 bridgehead atoms. The highest BCUT2D eigenvalue weighted by Crippen LogP contribution is 2.22. The number of nitrogens with one attached hydrogen (secondary N) is 2. The number of hydrogen-bond acceptors (Lipinski definition) is 6. The van der Waals surface area contributed by atoms with Gasteiger partial charge in [-0.2, -0.15) is 11.3 Å². The van der Waals surface area contributed by atoms with Gasteiger partial charge in [0.2, 0.25) is 0 Å². The normalized spacial score (nSPS) is 10.1. The summed E-state index contributed by atoms with van der Waals surface area (Å²) in [6.07, 6.45) is 1.98. The predicted octanol–water partition coefficient (Wildman–Crippen LogP) is 3.13. The van der Waals surface area contributed by atoms with Crippen LogP contribution in [-0.2, 0) is 0 Å². The maximum Gasteiger partial charge on any atom is 0.300 e. The Morgan fingerprint density at radius 2 is 2.33 bits per heavy atom. The zero-order valence-electron chi connectivity index (χ0n) is 11.3. The molecule has 0 spiro atoms. The smallest absolute Gasteiger partial charge is 0.300 e. The van der Waals surface area contributed by atoms with Crippen LogP contribution in [0.4, 0.5) is 17.2 Å². The van der Waals surface area contributed by atoms with Gasteiger partial charge in [0, 0.05) is 18.0 Å². The van der Waals surface area contributed by atoms with Crippen LogP contribution in [0.1, 0.15) is 23.7 Å². The Labute approximate surface area is 125 Å². The molecule has 0 saturated carbocycles. The van der Waals surface area contributed by atoms with E-state index in [1.807, 2.05) is 12.3 Å². The minimum Gasteiger partial charge on any atom is -0.370 e. The van der Waals surface area contributed by atoms with Gasteiger partial charge in [-0.25, -0.2) is 4.98 Å². The monoisotopic (exact) mass is 306 g/mol. The van der Waals surface area contributed by atoms with Crippen molar-refractivity contribution in [1.82, 2.24) is 4.98 Å². The van der Waals surface area contributed by atoms with Crippen molar-refractivity contribution in [3.05, 3.63) is 44.8 Å². The Balaban J connectivity index is 2.29. The highest BCUT2D eigenvalue weighted by molar-refractivity contribution is 7.08. The van der Waals surface area contributed by atoms with Crippen LogP contribution in [0.15, 0.2) is 29.1 Å². The number of amides is 1. The quantitative estimate of drug-likeness (QED) is 0.631. The van der Waals surface area contributed by atoms with Crippen LogP contribution in [-0.4, -0.2) is 22.4 Å².